The van der Waals surface area contributed by atoms with E-state index in [1.54, 1.807) is 7.11 Å². The summed E-state index contributed by atoms with van der Waals surface area (Å²) in [5.41, 5.74) is 1.10. The van der Waals surface area contributed by atoms with Crippen molar-refractivity contribution in [3.63, 3.8) is 0 Å². The molecule has 1 amide bonds. The highest BCUT2D eigenvalue weighted by molar-refractivity contribution is 5.78. The Morgan fingerprint density at radius 1 is 1.43 bits per heavy atom. The van der Waals surface area contributed by atoms with Gasteiger partial charge in [-0.1, -0.05) is 6.07 Å². The smallest absolute Gasteiger partial charge is 0.223 e. The van der Waals surface area contributed by atoms with Crippen molar-refractivity contribution in [1.29, 1.82) is 0 Å². The number of nitrogens with one attached hydrogen (secondary N) is 1. The van der Waals surface area contributed by atoms with Crippen molar-refractivity contribution in [2.45, 2.75) is 25.8 Å². The van der Waals surface area contributed by atoms with Crippen LogP contribution < -0.4 is 5.32 Å². The van der Waals surface area contributed by atoms with Crippen molar-refractivity contribution in [3.8, 4) is 0 Å². The number of carbonyl (C=O) groups excluding carboxylic acids is 1. The van der Waals surface area contributed by atoms with Gasteiger partial charge in [0.25, 0.3) is 0 Å². The van der Waals surface area contributed by atoms with E-state index in [9.17, 15) is 4.79 Å². The number of rotatable bonds is 7. The maximum Gasteiger partial charge on any atom is 0.223 e. The van der Waals surface area contributed by atoms with Gasteiger partial charge >= 0.3 is 0 Å². The van der Waals surface area contributed by atoms with E-state index in [0.29, 0.717) is 13.2 Å². The van der Waals surface area contributed by atoms with Crippen molar-refractivity contribution in [2.24, 2.45) is 5.92 Å². The zero-order valence-corrected chi connectivity index (χ0v) is 12.8. The second-order valence-corrected chi connectivity index (χ2v) is 5.51. The average molecular weight is 291 g/mol. The Bertz CT molecular complexity index is 417. The number of methoxy groups -OCH3 is 1. The highest BCUT2D eigenvalue weighted by atomic mass is 16.5. The lowest BCUT2D eigenvalue weighted by molar-refractivity contribution is -0.126. The van der Waals surface area contributed by atoms with Gasteiger partial charge in [-0.3, -0.25) is 14.7 Å². The summed E-state index contributed by atoms with van der Waals surface area (Å²) < 4.78 is 4.98. The van der Waals surface area contributed by atoms with Crippen LogP contribution >= 0.6 is 0 Å². The van der Waals surface area contributed by atoms with Crippen molar-refractivity contribution in [1.82, 2.24) is 15.2 Å². The molecule has 2 rings (SSSR count). The number of ether oxygens (including phenoxy) is 1. The molecular formula is C16H25N3O2. The van der Waals surface area contributed by atoms with E-state index >= 15 is 0 Å². The van der Waals surface area contributed by atoms with Gasteiger partial charge in [0.05, 0.1) is 5.69 Å². The number of aromatic nitrogens is 1. The average Bonchev–Trinajstić information content (AvgIpc) is 2.53. The first-order valence-corrected chi connectivity index (χ1v) is 7.68. The Morgan fingerprint density at radius 3 is 2.90 bits per heavy atom. The van der Waals surface area contributed by atoms with E-state index in [2.05, 4.69) is 21.3 Å². The maximum atomic E-state index is 12.0. The van der Waals surface area contributed by atoms with Crippen molar-refractivity contribution in [3.05, 3.63) is 30.1 Å². The van der Waals surface area contributed by atoms with Crippen molar-refractivity contribution < 1.29 is 9.53 Å². The molecule has 1 fully saturated rings. The van der Waals surface area contributed by atoms with E-state index in [4.69, 9.17) is 4.74 Å². The number of hydrogen-bond donors (Lipinski definition) is 1. The van der Waals surface area contributed by atoms with Gasteiger partial charge in [0.1, 0.15) is 0 Å². The summed E-state index contributed by atoms with van der Waals surface area (Å²) in [6, 6.07) is 6.00. The third kappa shape index (κ3) is 5.44. The van der Waals surface area contributed by atoms with Gasteiger partial charge in [0, 0.05) is 38.9 Å². The molecule has 0 aromatic carbocycles. The Labute approximate surface area is 126 Å². The monoisotopic (exact) mass is 291 g/mol. The maximum absolute atomic E-state index is 12.0. The molecule has 0 saturated carbocycles. The van der Waals surface area contributed by atoms with Gasteiger partial charge in [-0.2, -0.15) is 0 Å². The summed E-state index contributed by atoms with van der Waals surface area (Å²) >= 11 is 0. The Balaban J connectivity index is 1.67. The number of amides is 1. The second kappa shape index (κ2) is 8.74. The minimum Gasteiger partial charge on any atom is -0.385 e. The fraction of sp³-hybridized carbons (Fsp3) is 0.625. The molecule has 0 radical (unpaired) electrons. The quantitative estimate of drug-likeness (QED) is 0.773. The van der Waals surface area contributed by atoms with Crippen LogP contribution in [0.2, 0.25) is 0 Å². The molecule has 1 aromatic heterocycles. The lowest BCUT2D eigenvalue weighted by Gasteiger charge is -2.31. The summed E-state index contributed by atoms with van der Waals surface area (Å²) in [5.74, 6) is 0.358. The minimum absolute atomic E-state index is 0.160. The zero-order chi connectivity index (χ0) is 14.9. The molecule has 0 aliphatic carbocycles. The molecule has 116 valence electrons. The summed E-state index contributed by atoms with van der Waals surface area (Å²) in [5, 5.41) is 3.00. The van der Waals surface area contributed by atoms with Crippen molar-refractivity contribution in [2.75, 3.05) is 33.4 Å². The van der Waals surface area contributed by atoms with Crippen LogP contribution in [0.5, 0.6) is 0 Å². The molecule has 1 saturated heterocycles. The first-order chi connectivity index (χ1) is 10.3. The van der Waals surface area contributed by atoms with Crippen LogP contribution in [0.3, 0.4) is 0 Å². The Kier molecular flexibility index (Phi) is 6.63. The number of hydrogen-bond acceptors (Lipinski definition) is 4. The molecule has 1 N–H and O–H groups in total. The molecule has 1 aromatic rings. The molecule has 0 atom stereocenters. The van der Waals surface area contributed by atoms with Crippen LogP contribution in [0.1, 0.15) is 25.0 Å². The van der Waals surface area contributed by atoms with Gasteiger partial charge < -0.3 is 10.1 Å². The third-order valence-electron chi connectivity index (χ3n) is 3.89. The minimum atomic E-state index is 0.160. The lowest BCUT2D eigenvalue weighted by Crippen LogP contribution is -2.40. The van der Waals surface area contributed by atoms with E-state index in [1.165, 1.54) is 0 Å². The topological polar surface area (TPSA) is 54.5 Å². The van der Waals surface area contributed by atoms with E-state index in [-0.39, 0.29) is 11.8 Å². The van der Waals surface area contributed by atoms with Gasteiger partial charge in [-0.15, -0.1) is 0 Å². The van der Waals surface area contributed by atoms with Gasteiger partial charge in [-0.05, 0) is 44.5 Å². The Morgan fingerprint density at radius 2 is 2.24 bits per heavy atom. The predicted molar refractivity (Wildman–Crippen MR) is 81.7 cm³/mol. The molecule has 0 unspecified atom stereocenters. The molecule has 2 heterocycles. The molecule has 21 heavy (non-hydrogen) atoms. The number of nitrogens with zero attached hydrogens (tertiary/aromatic N) is 2. The van der Waals surface area contributed by atoms with Crippen LogP contribution in [0.4, 0.5) is 0 Å². The fourth-order valence-electron chi connectivity index (χ4n) is 2.65. The van der Waals surface area contributed by atoms with E-state index < -0.39 is 0 Å². The lowest BCUT2D eigenvalue weighted by atomic mass is 9.96. The van der Waals surface area contributed by atoms with Gasteiger partial charge in [0.2, 0.25) is 5.91 Å². The highest BCUT2D eigenvalue weighted by Crippen LogP contribution is 2.18. The summed E-state index contributed by atoms with van der Waals surface area (Å²) in [7, 11) is 1.68. The molecule has 0 spiro atoms. The van der Waals surface area contributed by atoms with E-state index in [1.807, 2.05) is 18.3 Å². The first kappa shape index (κ1) is 15.9. The molecule has 1 aliphatic heterocycles. The summed E-state index contributed by atoms with van der Waals surface area (Å²) in [6.45, 7) is 4.21. The first-order valence-electron chi connectivity index (χ1n) is 7.68. The number of likely N-dealkylation sites (tertiary alicyclic amines) is 1. The number of piperidine rings is 1. The molecule has 0 bridgehead atoms. The number of carbonyl (C=O) groups is 1. The summed E-state index contributed by atoms with van der Waals surface area (Å²) in [4.78, 5) is 18.8. The zero-order valence-electron chi connectivity index (χ0n) is 12.8. The fourth-order valence-corrected chi connectivity index (χ4v) is 2.65. The third-order valence-corrected chi connectivity index (χ3v) is 3.89. The number of pyridine rings is 1. The van der Waals surface area contributed by atoms with Gasteiger partial charge in [-0.25, -0.2) is 0 Å². The molecule has 5 nitrogen and oxygen atoms in total. The highest BCUT2D eigenvalue weighted by Gasteiger charge is 2.24. The molecule has 5 heteroatoms. The van der Waals surface area contributed by atoms with Crippen LogP contribution in [-0.4, -0.2) is 49.1 Å². The largest absolute Gasteiger partial charge is 0.385 e. The van der Waals surface area contributed by atoms with Crippen LogP contribution in [0.25, 0.3) is 0 Å². The SMILES string of the molecule is COCCCNC(=O)C1CCN(Cc2ccccn2)CC1. The van der Waals surface area contributed by atoms with Crippen molar-refractivity contribution >= 4 is 5.91 Å². The molecule has 1 aliphatic rings. The Hall–Kier alpha value is -1.46. The summed E-state index contributed by atoms with van der Waals surface area (Å²) in [6.07, 6.45) is 4.57. The van der Waals surface area contributed by atoms with Gasteiger partial charge in [0.15, 0.2) is 0 Å². The van der Waals surface area contributed by atoms with Crippen LogP contribution in [-0.2, 0) is 16.1 Å². The van der Waals surface area contributed by atoms with E-state index in [0.717, 1.165) is 44.6 Å². The van der Waals surface area contributed by atoms with Crippen LogP contribution in [0, 0.1) is 5.92 Å². The second-order valence-electron chi connectivity index (χ2n) is 5.51. The van der Waals surface area contributed by atoms with Crippen LogP contribution in [0.15, 0.2) is 24.4 Å². The normalized spacial score (nSPS) is 16.8. The predicted octanol–water partition coefficient (Wildman–Crippen LogP) is 1.45. The standard InChI is InChI=1S/C16H25N3O2/c1-21-12-4-9-18-16(20)14-6-10-19(11-7-14)13-15-5-2-3-8-17-15/h2-3,5,8,14H,4,6-7,9-13H2,1H3,(H,18,20). The molecular weight excluding hydrogens is 266 g/mol.